The van der Waals surface area contributed by atoms with Crippen molar-refractivity contribution in [2.75, 3.05) is 17.7 Å². The summed E-state index contributed by atoms with van der Waals surface area (Å²) in [5.74, 6) is 0.509. The Labute approximate surface area is 153 Å². The molecule has 2 amide bonds. The minimum absolute atomic E-state index is 0.405. The number of aromatic nitrogens is 3. The van der Waals surface area contributed by atoms with Crippen LogP contribution < -0.4 is 15.4 Å². The number of rotatable bonds is 5. The molecule has 2 aromatic heterocycles. The molecule has 1 aromatic carbocycles. The molecular weight excluding hydrogens is 362 g/mol. The van der Waals surface area contributed by atoms with Crippen LogP contribution in [-0.4, -0.2) is 28.3 Å². The third-order valence-electron chi connectivity index (χ3n) is 3.20. The molecular formula is C16H14ClN5O2S. The van der Waals surface area contributed by atoms with E-state index in [0.717, 1.165) is 10.6 Å². The normalized spacial score (nSPS) is 10.3. The van der Waals surface area contributed by atoms with E-state index in [1.165, 1.54) is 18.4 Å². The van der Waals surface area contributed by atoms with Crippen molar-refractivity contribution >= 4 is 39.8 Å². The van der Waals surface area contributed by atoms with Gasteiger partial charge in [-0.3, -0.25) is 10.3 Å². The van der Waals surface area contributed by atoms with Gasteiger partial charge in [0.15, 0.2) is 0 Å². The zero-order valence-electron chi connectivity index (χ0n) is 13.2. The molecule has 0 bridgehead atoms. The Kier molecular flexibility index (Phi) is 5.42. The molecule has 25 heavy (non-hydrogen) atoms. The van der Waals surface area contributed by atoms with Gasteiger partial charge in [0.1, 0.15) is 10.8 Å². The fourth-order valence-corrected chi connectivity index (χ4v) is 3.02. The highest BCUT2D eigenvalue weighted by Crippen LogP contribution is 2.28. The standard InChI is InChI=1S/C16H14ClN5O2S/c1-24-13-3-2-11(17)9-12(13)19-15(23)20-16-22-21-14(25-16)8-10-4-6-18-7-5-10/h2-7,9H,8H2,1H3,(H2,19,20,22,23). The number of methoxy groups -OCH3 is 1. The maximum Gasteiger partial charge on any atom is 0.325 e. The van der Waals surface area contributed by atoms with Crippen molar-refractivity contribution in [1.29, 1.82) is 0 Å². The molecule has 7 nitrogen and oxygen atoms in total. The zero-order valence-corrected chi connectivity index (χ0v) is 14.8. The molecule has 0 fully saturated rings. The van der Waals surface area contributed by atoms with Crippen molar-refractivity contribution in [3.8, 4) is 5.75 Å². The predicted molar refractivity (Wildman–Crippen MR) is 97.6 cm³/mol. The smallest absolute Gasteiger partial charge is 0.325 e. The number of benzene rings is 1. The average molecular weight is 376 g/mol. The molecule has 0 aliphatic rings. The number of pyridine rings is 1. The molecule has 0 saturated heterocycles. The first-order chi connectivity index (χ1) is 12.1. The Morgan fingerprint density at radius 2 is 2.00 bits per heavy atom. The van der Waals surface area contributed by atoms with E-state index in [9.17, 15) is 4.79 Å². The number of urea groups is 1. The van der Waals surface area contributed by atoms with Crippen LogP contribution in [0.15, 0.2) is 42.7 Å². The largest absolute Gasteiger partial charge is 0.495 e. The van der Waals surface area contributed by atoms with Crippen molar-refractivity contribution in [2.24, 2.45) is 0 Å². The maximum atomic E-state index is 12.1. The summed E-state index contributed by atoms with van der Waals surface area (Å²) in [6.07, 6.45) is 4.08. The Morgan fingerprint density at radius 3 is 2.76 bits per heavy atom. The van der Waals surface area contributed by atoms with Gasteiger partial charge >= 0.3 is 6.03 Å². The maximum absolute atomic E-state index is 12.1. The summed E-state index contributed by atoms with van der Waals surface area (Å²) in [7, 11) is 1.52. The molecule has 3 rings (SSSR count). The first kappa shape index (κ1) is 17.1. The lowest BCUT2D eigenvalue weighted by Gasteiger charge is -2.10. The highest BCUT2D eigenvalue weighted by atomic mass is 35.5. The number of nitrogens with zero attached hydrogens (tertiary/aromatic N) is 3. The van der Waals surface area contributed by atoms with Crippen LogP contribution >= 0.6 is 22.9 Å². The Balaban J connectivity index is 1.63. The number of carbonyl (C=O) groups is 1. The molecule has 0 aliphatic carbocycles. The lowest BCUT2D eigenvalue weighted by molar-refractivity contribution is 0.262. The summed E-state index contributed by atoms with van der Waals surface area (Å²) < 4.78 is 5.19. The molecule has 3 aromatic rings. The summed E-state index contributed by atoms with van der Waals surface area (Å²) in [5.41, 5.74) is 1.54. The third kappa shape index (κ3) is 4.65. The second-order valence-corrected chi connectivity index (χ2v) is 6.46. The molecule has 0 radical (unpaired) electrons. The summed E-state index contributed by atoms with van der Waals surface area (Å²) in [6, 6.07) is 8.33. The van der Waals surface area contributed by atoms with E-state index in [4.69, 9.17) is 16.3 Å². The van der Waals surface area contributed by atoms with E-state index in [-0.39, 0.29) is 0 Å². The molecule has 0 unspecified atom stereocenters. The van der Waals surface area contributed by atoms with E-state index < -0.39 is 6.03 Å². The first-order valence-corrected chi connectivity index (χ1v) is 8.46. The van der Waals surface area contributed by atoms with Crippen molar-refractivity contribution in [2.45, 2.75) is 6.42 Å². The average Bonchev–Trinajstić information content (AvgIpc) is 3.02. The Morgan fingerprint density at radius 1 is 1.20 bits per heavy atom. The second kappa shape index (κ2) is 7.91. The van der Waals surface area contributed by atoms with E-state index in [1.54, 1.807) is 30.6 Å². The molecule has 128 valence electrons. The van der Waals surface area contributed by atoms with Crippen LogP contribution in [0.3, 0.4) is 0 Å². The van der Waals surface area contributed by atoms with Gasteiger partial charge in [-0.25, -0.2) is 4.79 Å². The van der Waals surface area contributed by atoms with Crippen LogP contribution in [0.4, 0.5) is 15.6 Å². The van der Waals surface area contributed by atoms with Crippen molar-refractivity contribution in [1.82, 2.24) is 15.2 Å². The van der Waals surface area contributed by atoms with Crippen LogP contribution in [-0.2, 0) is 6.42 Å². The van der Waals surface area contributed by atoms with Gasteiger partial charge in [-0.15, -0.1) is 10.2 Å². The highest BCUT2D eigenvalue weighted by Gasteiger charge is 2.11. The minimum Gasteiger partial charge on any atom is -0.495 e. The van der Waals surface area contributed by atoms with Gasteiger partial charge < -0.3 is 10.1 Å². The SMILES string of the molecule is COc1ccc(Cl)cc1NC(=O)Nc1nnc(Cc2ccncc2)s1. The summed E-state index contributed by atoms with van der Waals surface area (Å²) >= 11 is 7.25. The van der Waals surface area contributed by atoms with Gasteiger partial charge in [-0.05, 0) is 35.9 Å². The van der Waals surface area contributed by atoms with E-state index >= 15 is 0 Å². The summed E-state index contributed by atoms with van der Waals surface area (Å²) in [4.78, 5) is 16.1. The Bertz CT molecular complexity index is 872. The van der Waals surface area contributed by atoms with Gasteiger partial charge in [-0.1, -0.05) is 22.9 Å². The van der Waals surface area contributed by atoms with Gasteiger partial charge in [-0.2, -0.15) is 0 Å². The van der Waals surface area contributed by atoms with Gasteiger partial charge in [0.05, 0.1) is 12.8 Å². The molecule has 0 atom stereocenters. The van der Waals surface area contributed by atoms with E-state index in [0.29, 0.717) is 28.0 Å². The number of halogens is 1. The fraction of sp³-hybridized carbons (Fsp3) is 0.125. The Hall–Kier alpha value is -2.71. The molecule has 9 heteroatoms. The summed E-state index contributed by atoms with van der Waals surface area (Å²) in [6.45, 7) is 0. The van der Waals surface area contributed by atoms with Crippen LogP contribution in [0, 0.1) is 0 Å². The zero-order chi connectivity index (χ0) is 17.6. The minimum atomic E-state index is -0.452. The molecule has 0 spiro atoms. The molecule has 2 N–H and O–H groups in total. The van der Waals surface area contributed by atoms with Crippen LogP contribution in [0.5, 0.6) is 5.75 Å². The van der Waals surface area contributed by atoms with E-state index in [2.05, 4.69) is 25.8 Å². The number of anilines is 2. The number of amides is 2. The third-order valence-corrected chi connectivity index (χ3v) is 4.28. The molecule has 0 saturated carbocycles. The fourth-order valence-electron chi connectivity index (χ4n) is 2.08. The van der Waals surface area contributed by atoms with Gasteiger partial charge in [0, 0.05) is 23.8 Å². The van der Waals surface area contributed by atoms with Crippen LogP contribution in [0.1, 0.15) is 10.6 Å². The van der Waals surface area contributed by atoms with Crippen LogP contribution in [0.2, 0.25) is 5.02 Å². The number of nitrogens with one attached hydrogen (secondary N) is 2. The van der Waals surface area contributed by atoms with Crippen LogP contribution in [0.25, 0.3) is 0 Å². The first-order valence-electron chi connectivity index (χ1n) is 7.27. The number of hydrogen-bond acceptors (Lipinski definition) is 6. The predicted octanol–water partition coefficient (Wildman–Crippen LogP) is 3.83. The monoisotopic (exact) mass is 375 g/mol. The lowest BCUT2D eigenvalue weighted by Crippen LogP contribution is -2.19. The number of ether oxygens (including phenoxy) is 1. The topological polar surface area (TPSA) is 89.0 Å². The quantitative estimate of drug-likeness (QED) is 0.707. The van der Waals surface area contributed by atoms with Crippen molar-refractivity contribution < 1.29 is 9.53 Å². The van der Waals surface area contributed by atoms with Gasteiger partial charge in [0.25, 0.3) is 0 Å². The molecule has 0 aliphatic heterocycles. The van der Waals surface area contributed by atoms with Crippen molar-refractivity contribution in [3.05, 3.63) is 58.3 Å². The lowest BCUT2D eigenvalue weighted by atomic mass is 10.2. The summed E-state index contributed by atoms with van der Waals surface area (Å²) in [5, 5.41) is 15.1. The second-order valence-electron chi connectivity index (χ2n) is 4.96. The number of carbonyl (C=O) groups excluding carboxylic acids is 1. The number of hydrogen-bond donors (Lipinski definition) is 2. The van der Waals surface area contributed by atoms with Gasteiger partial charge in [0.2, 0.25) is 5.13 Å². The molecule has 2 heterocycles. The van der Waals surface area contributed by atoms with Crippen molar-refractivity contribution in [3.63, 3.8) is 0 Å². The highest BCUT2D eigenvalue weighted by molar-refractivity contribution is 7.15. The van der Waals surface area contributed by atoms with E-state index in [1.807, 2.05) is 12.1 Å².